The number of carboxylic acids is 1. The summed E-state index contributed by atoms with van der Waals surface area (Å²) in [6, 6.07) is 6.38. The molecule has 0 aromatic heterocycles. The monoisotopic (exact) mass is 313 g/mol. The lowest BCUT2D eigenvalue weighted by atomic mass is 10.1. The Bertz CT molecular complexity index is 614. The maximum Gasteiger partial charge on any atom is 0.303 e. The largest absolute Gasteiger partial charge is 0.494 e. The van der Waals surface area contributed by atoms with Gasteiger partial charge in [0, 0.05) is 25.6 Å². The van der Waals surface area contributed by atoms with Gasteiger partial charge in [-0.15, -0.1) is 0 Å². The number of nitrogens with zero attached hydrogens (tertiary/aromatic N) is 1. The Morgan fingerprint density at radius 3 is 2.90 bits per heavy atom. The molecule has 1 aliphatic heterocycles. The second-order valence-corrected chi connectivity index (χ2v) is 6.96. The molecule has 2 rings (SSSR count). The van der Waals surface area contributed by atoms with Gasteiger partial charge in [0.15, 0.2) is 0 Å². The van der Waals surface area contributed by atoms with Crippen molar-refractivity contribution >= 4 is 16.0 Å². The molecule has 1 saturated heterocycles. The van der Waals surface area contributed by atoms with Crippen LogP contribution >= 0.6 is 0 Å². The van der Waals surface area contributed by atoms with Gasteiger partial charge in [0.2, 0.25) is 10.0 Å². The van der Waals surface area contributed by atoms with E-state index in [1.54, 1.807) is 12.1 Å². The zero-order valence-corrected chi connectivity index (χ0v) is 12.7. The fourth-order valence-corrected chi connectivity index (χ4v) is 4.04. The summed E-state index contributed by atoms with van der Waals surface area (Å²) in [5.74, 6) is -0.496. The topological polar surface area (TPSA) is 83.9 Å². The molecule has 0 aliphatic carbocycles. The number of aliphatic carboxylic acids is 1. The number of hydrogen-bond donors (Lipinski definition) is 1. The highest BCUT2D eigenvalue weighted by atomic mass is 32.2. The van der Waals surface area contributed by atoms with Crippen LogP contribution in [0, 0.1) is 5.92 Å². The minimum Gasteiger partial charge on any atom is -0.494 e. The van der Waals surface area contributed by atoms with Crippen LogP contribution in [0.2, 0.25) is 0 Å². The van der Waals surface area contributed by atoms with E-state index in [-0.39, 0.29) is 23.8 Å². The van der Waals surface area contributed by atoms with Crippen LogP contribution in [-0.4, -0.2) is 43.5 Å². The molecule has 21 heavy (non-hydrogen) atoms. The van der Waals surface area contributed by atoms with Crippen LogP contribution in [0.15, 0.2) is 29.2 Å². The van der Waals surface area contributed by atoms with Gasteiger partial charge in [-0.25, -0.2) is 8.42 Å². The molecule has 0 saturated carbocycles. The highest BCUT2D eigenvalue weighted by molar-refractivity contribution is 7.89. The zero-order valence-electron chi connectivity index (χ0n) is 11.9. The SMILES string of the molecule is CCOc1cccc(S(=O)(=O)N2CCC(CC(=O)O)C2)c1. The molecule has 1 aromatic rings. The van der Waals surface area contributed by atoms with E-state index in [2.05, 4.69) is 0 Å². The standard InChI is InChI=1S/C14H19NO5S/c1-2-20-12-4-3-5-13(9-12)21(18,19)15-7-6-11(10-15)8-14(16)17/h3-5,9,11H,2,6-8,10H2,1H3,(H,16,17). The number of hydrogen-bond acceptors (Lipinski definition) is 4. The van der Waals surface area contributed by atoms with Crippen molar-refractivity contribution in [3.63, 3.8) is 0 Å². The lowest BCUT2D eigenvalue weighted by Gasteiger charge is -2.17. The first-order chi connectivity index (χ1) is 9.93. The van der Waals surface area contributed by atoms with Crippen molar-refractivity contribution < 1.29 is 23.1 Å². The van der Waals surface area contributed by atoms with Gasteiger partial charge in [0.1, 0.15) is 5.75 Å². The van der Waals surface area contributed by atoms with Crippen LogP contribution in [0.5, 0.6) is 5.75 Å². The van der Waals surface area contributed by atoms with Gasteiger partial charge in [-0.3, -0.25) is 4.79 Å². The van der Waals surface area contributed by atoms with Gasteiger partial charge in [-0.1, -0.05) is 6.07 Å². The molecule has 0 radical (unpaired) electrons. The van der Waals surface area contributed by atoms with Crippen molar-refractivity contribution in [3.05, 3.63) is 24.3 Å². The van der Waals surface area contributed by atoms with E-state index >= 15 is 0 Å². The predicted octanol–water partition coefficient (Wildman–Crippen LogP) is 1.57. The summed E-state index contributed by atoms with van der Waals surface area (Å²) in [4.78, 5) is 10.9. The van der Waals surface area contributed by atoms with E-state index in [0.717, 1.165) is 0 Å². The van der Waals surface area contributed by atoms with Crippen LogP contribution in [0.25, 0.3) is 0 Å². The number of rotatable bonds is 6. The first kappa shape index (κ1) is 15.8. The van der Waals surface area contributed by atoms with E-state index in [0.29, 0.717) is 25.3 Å². The average Bonchev–Trinajstić information content (AvgIpc) is 2.88. The highest BCUT2D eigenvalue weighted by Gasteiger charge is 2.33. The first-order valence-electron chi connectivity index (χ1n) is 6.88. The molecular weight excluding hydrogens is 294 g/mol. The molecule has 116 valence electrons. The Morgan fingerprint density at radius 2 is 2.24 bits per heavy atom. The second-order valence-electron chi connectivity index (χ2n) is 5.02. The molecule has 0 spiro atoms. The number of carboxylic acid groups (broad SMARTS) is 1. The third kappa shape index (κ3) is 3.74. The van der Waals surface area contributed by atoms with Gasteiger partial charge < -0.3 is 9.84 Å². The Hall–Kier alpha value is -1.60. The van der Waals surface area contributed by atoms with Crippen LogP contribution < -0.4 is 4.74 Å². The van der Waals surface area contributed by atoms with Crippen molar-refractivity contribution in [3.8, 4) is 5.75 Å². The minimum atomic E-state index is -3.59. The third-order valence-corrected chi connectivity index (χ3v) is 5.33. The van der Waals surface area contributed by atoms with Gasteiger partial charge in [-0.2, -0.15) is 4.31 Å². The molecule has 1 aliphatic rings. The van der Waals surface area contributed by atoms with Gasteiger partial charge in [0.05, 0.1) is 11.5 Å². The molecule has 0 bridgehead atoms. The Labute approximate surface area is 124 Å². The second kappa shape index (κ2) is 6.44. The molecule has 1 atom stereocenters. The Kier molecular flexibility index (Phi) is 4.84. The quantitative estimate of drug-likeness (QED) is 0.862. The van der Waals surface area contributed by atoms with Crippen LogP contribution in [0.3, 0.4) is 0 Å². The minimum absolute atomic E-state index is 0.00497. The summed E-state index contributed by atoms with van der Waals surface area (Å²) < 4.78 is 31.8. The normalized spacial score (nSPS) is 19.6. The van der Waals surface area contributed by atoms with Gasteiger partial charge in [-0.05, 0) is 31.4 Å². The lowest BCUT2D eigenvalue weighted by molar-refractivity contribution is -0.137. The smallest absolute Gasteiger partial charge is 0.303 e. The van der Waals surface area contributed by atoms with Crippen molar-refractivity contribution in [1.29, 1.82) is 0 Å². The maximum absolute atomic E-state index is 12.5. The molecule has 7 heteroatoms. The summed E-state index contributed by atoms with van der Waals surface area (Å²) in [7, 11) is -3.59. The summed E-state index contributed by atoms with van der Waals surface area (Å²) >= 11 is 0. The lowest BCUT2D eigenvalue weighted by Crippen LogP contribution is -2.29. The molecule has 6 nitrogen and oxygen atoms in total. The summed E-state index contributed by atoms with van der Waals surface area (Å²) in [6.45, 7) is 2.92. The van der Waals surface area contributed by atoms with Crippen molar-refractivity contribution in [1.82, 2.24) is 4.31 Å². The van der Waals surface area contributed by atoms with Gasteiger partial charge in [0.25, 0.3) is 0 Å². The van der Waals surface area contributed by atoms with Crippen molar-refractivity contribution in [2.45, 2.75) is 24.7 Å². The fraction of sp³-hybridized carbons (Fsp3) is 0.500. The molecular formula is C14H19NO5S. The fourth-order valence-electron chi connectivity index (χ4n) is 2.47. The van der Waals surface area contributed by atoms with E-state index in [4.69, 9.17) is 9.84 Å². The van der Waals surface area contributed by atoms with Crippen LogP contribution in [0.1, 0.15) is 19.8 Å². The Morgan fingerprint density at radius 1 is 1.48 bits per heavy atom. The molecule has 0 amide bonds. The third-order valence-electron chi connectivity index (χ3n) is 3.47. The number of ether oxygens (including phenoxy) is 1. The number of carbonyl (C=O) groups is 1. The summed E-state index contributed by atoms with van der Waals surface area (Å²) in [5.41, 5.74) is 0. The predicted molar refractivity (Wildman–Crippen MR) is 76.7 cm³/mol. The molecule has 1 aromatic carbocycles. The molecule has 1 N–H and O–H groups in total. The molecule has 1 fully saturated rings. The number of benzene rings is 1. The maximum atomic E-state index is 12.5. The van der Waals surface area contributed by atoms with Crippen molar-refractivity contribution in [2.24, 2.45) is 5.92 Å². The molecule has 1 heterocycles. The van der Waals surface area contributed by atoms with Crippen molar-refractivity contribution in [2.75, 3.05) is 19.7 Å². The van der Waals surface area contributed by atoms with E-state index in [9.17, 15) is 13.2 Å². The number of sulfonamides is 1. The van der Waals surface area contributed by atoms with Crippen LogP contribution in [0.4, 0.5) is 0 Å². The van der Waals surface area contributed by atoms with E-state index in [1.807, 2.05) is 6.92 Å². The molecule has 1 unspecified atom stereocenters. The zero-order chi connectivity index (χ0) is 15.5. The van der Waals surface area contributed by atoms with E-state index in [1.165, 1.54) is 16.4 Å². The van der Waals surface area contributed by atoms with Crippen LogP contribution in [-0.2, 0) is 14.8 Å². The first-order valence-corrected chi connectivity index (χ1v) is 8.32. The summed E-state index contributed by atoms with van der Waals surface area (Å²) in [6.07, 6.45) is 0.585. The Balaban J connectivity index is 2.15. The highest BCUT2D eigenvalue weighted by Crippen LogP contribution is 2.27. The average molecular weight is 313 g/mol. The van der Waals surface area contributed by atoms with E-state index < -0.39 is 16.0 Å². The van der Waals surface area contributed by atoms with Gasteiger partial charge >= 0.3 is 5.97 Å². The summed E-state index contributed by atoms with van der Waals surface area (Å²) in [5, 5.41) is 8.79.